The Bertz CT molecular complexity index is 4140. The zero-order valence-corrected chi connectivity index (χ0v) is 40.4. The number of nitrogens with zero attached hydrogens (tertiary/aromatic N) is 9. The van der Waals surface area contributed by atoms with E-state index in [-0.39, 0.29) is 61.1 Å². The second-order valence-corrected chi connectivity index (χ2v) is 21.1. The third kappa shape index (κ3) is 10.0. The first-order chi connectivity index (χ1) is 33.2. The molecule has 8 aromatic rings. The van der Waals surface area contributed by atoms with Gasteiger partial charge in [0, 0.05) is 28.3 Å². The summed E-state index contributed by atoms with van der Waals surface area (Å²) in [4.78, 5) is -1.93. The molecule has 0 atom stereocenters. The first kappa shape index (κ1) is 49.7. The van der Waals surface area contributed by atoms with Crippen molar-refractivity contribution >= 4 is 107 Å². The number of rotatable bonds is 13. The molecule has 5 N–H and O–H groups in total. The molecule has 0 unspecified atom stereocenters. The molecule has 0 saturated carbocycles. The van der Waals surface area contributed by atoms with Crippen LogP contribution in [0.4, 0.5) is 34.1 Å². The summed E-state index contributed by atoms with van der Waals surface area (Å²) in [6.07, 6.45) is 0. The maximum Gasteiger partial charge on any atom is 0.296 e. The van der Waals surface area contributed by atoms with E-state index in [4.69, 9.17) is 9.47 Å². The lowest BCUT2D eigenvalue weighted by Gasteiger charge is -2.10. The van der Waals surface area contributed by atoms with Crippen molar-refractivity contribution in [2.45, 2.75) is 40.4 Å². The summed E-state index contributed by atoms with van der Waals surface area (Å²) < 4.78 is 148. The second-order valence-electron chi connectivity index (χ2n) is 15.5. The molecule has 0 aliphatic heterocycles. The van der Waals surface area contributed by atoms with Crippen LogP contribution in [-0.4, -0.2) is 86.2 Å². The van der Waals surface area contributed by atoms with Crippen LogP contribution in [0.2, 0.25) is 0 Å². The van der Waals surface area contributed by atoms with Crippen molar-refractivity contribution in [3.8, 4) is 22.9 Å². The number of phenolic OH excluding ortho intramolecular Hbond substituents is 1. The van der Waals surface area contributed by atoms with E-state index in [1.807, 2.05) is 0 Å². The second kappa shape index (κ2) is 18.2. The normalized spacial score (nSPS) is 12.9. The van der Waals surface area contributed by atoms with Crippen LogP contribution in [0.3, 0.4) is 0 Å². The highest BCUT2D eigenvalue weighted by molar-refractivity contribution is 7.87. The van der Waals surface area contributed by atoms with Gasteiger partial charge in [-0.2, -0.15) is 53.8 Å². The molecule has 0 aliphatic carbocycles. The Morgan fingerprint density at radius 3 is 1.65 bits per heavy atom. The fraction of sp³-hybridized carbons (Fsp3) is 0.116. The highest BCUT2D eigenvalue weighted by Gasteiger charge is 2.25. The van der Waals surface area contributed by atoms with E-state index in [1.54, 1.807) is 39.0 Å². The number of aryl methyl sites for hydroxylation is 3. The van der Waals surface area contributed by atoms with Crippen LogP contribution in [0.1, 0.15) is 16.7 Å². The van der Waals surface area contributed by atoms with Gasteiger partial charge >= 0.3 is 0 Å². The SMILES string of the molecule is COc1ccc(N=Nc2cc(OC)c(N=Nc3cc(C)c(N=Nc4c(S(=O)(=O)O)cc5cc(-n6nc7ccc8c(S(=O)(=O)O)cc(S(=O)(=O)O)cc8c7n6)ccc5c4O)cc3C)cc2C)c(S(=O)(=O)O)c1. The van der Waals surface area contributed by atoms with Crippen molar-refractivity contribution in [1.29, 1.82) is 0 Å². The Labute approximate surface area is 402 Å². The highest BCUT2D eigenvalue weighted by Crippen LogP contribution is 2.43. The van der Waals surface area contributed by atoms with Gasteiger partial charge in [-0.1, -0.05) is 6.07 Å². The molecule has 0 saturated heterocycles. The summed E-state index contributed by atoms with van der Waals surface area (Å²) in [7, 11) is -17.0. The van der Waals surface area contributed by atoms with Gasteiger partial charge in [0.25, 0.3) is 40.5 Å². The number of fused-ring (bicyclic) bond motifs is 4. The number of ether oxygens (including phenoxy) is 2. The summed E-state index contributed by atoms with van der Waals surface area (Å²) in [5.74, 6) is -0.263. The van der Waals surface area contributed by atoms with E-state index in [0.717, 1.165) is 23.0 Å². The van der Waals surface area contributed by atoms with Crippen LogP contribution in [0, 0.1) is 20.8 Å². The van der Waals surface area contributed by atoms with Crippen molar-refractivity contribution in [3.63, 3.8) is 0 Å². The molecular weight excluding hydrogens is 1010 g/mol. The molecule has 28 heteroatoms. The molecule has 0 spiro atoms. The lowest BCUT2D eigenvalue weighted by molar-refractivity contribution is 0.412. The fourth-order valence-electron chi connectivity index (χ4n) is 7.23. The maximum absolute atomic E-state index is 12.8. The van der Waals surface area contributed by atoms with E-state index in [9.17, 15) is 57.0 Å². The van der Waals surface area contributed by atoms with Gasteiger partial charge in [-0.15, -0.1) is 25.5 Å². The summed E-state index contributed by atoms with van der Waals surface area (Å²) in [5.41, 5.74) is 2.26. The van der Waals surface area contributed by atoms with Crippen LogP contribution in [0.5, 0.6) is 17.2 Å². The molecule has 7 aromatic carbocycles. The Morgan fingerprint density at radius 1 is 0.493 bits per heavy atom. The first-order valence-electron chi connectivity index (χ1n) is 20.0. The molecule has 24 nitrogen and oxygen atoms in total. The zero-order chi connectivity index (χ0) is 51.5. The molecule has 0 bridgehead atoms. The monoisotopic (exact) mass is 1050 g/mol. The molecule has 71 heavy (non-hydrogen) atoms. The van der Waals surface area contributed by atoms with Gasteiger partial charge in [0.05, 0.1) is 41.9 Å². The number of hydrogen-bond acceptors (Lipinski definition) is 19. The molecule has 366 valence electrons. The van der Waals surface area contributed by atoms with E-state index in [1.165, 1.54) is 62.8 Å². The largest absolute Gasteiger partial charge is 0.505 e. The number of methoxy groups -OCH3 is 2. The van der Waals surface area contributed by atoms with Gasteiger partial charge in [0.1, 0.15) is 54.3 Å². The van der Waals surface area contributed by atoms with Gasteiger partial charge in [-0.25, -0.2) is 0 Å². The smallest absolute Gasteiger partial charge is 0.296 e. The molecule has 1 heterocycles. The molecule has 0 fully saturated rings. The lowest BCUT2D eigenvalue weighted by atomic mass is 10.1. The van der Waals surface area contributed by atoms with Crippen molar-refractivity contribution in [2.24, 2.45) is 30.7 Å². The van der Waals surface area contributed by atoms with Crippen molar-refractivity contribution in [3.05, 3.63) is 108 Å². The third-order valence-electron chi connectivity index (χ3n) is 10.8. The van der Waals surface area contributed by atoms with Gasteiger partial charge in [-0.3, -0.25) is 18.2 Å². The summed E-state index contributed by atoms with van der Waals surface area (Å²) >= 11 is 0. The summed E-state index contributed by atoms with van der Waals surface area (Å²) in [6.45, 7) is 5.06. The Balaban J connectivity index is 1.09. The average Bonchev–Trinajstić information content (AvgIpc) is 3.75. The number of aromatic nitrogens is 3. The van der Waals surface area contributed by atoms with Crippen LogP contribution in [0.25, 0.3) is 38.3 Å². The zero-order valence-electron chi connectivity index (χ0n) is 37.1. The van der Waals surface area contributed by atoms with Crippen molar-refractivity contribution < 1.29 is 66.5 Å². The van der Waals surface area contributed by atoms with Crippen LogP contribution in [-0.2, 0) is 40.5 Å². The summed E-state index contributed by atoms with van der Waals surface area (Å²) in [5, 5.41) is 45.2. The molecule has 0 radical (unpaired) electrons. The first-order valence-corrected chi connectivity index (χ1v) is 25.8. The molecule has 8 rings (SSSR count). The molecule has 0 amide bonds. The minimum absolute atomic E-state index is 0.0483. The molecule has 1 aromatic heterocycles. The van der Waals surface area contributed by atoms with Crippen LogP contribution in [0.15, 0.2) is 141 Å². The van der Waals surface area contributed by atoms with E-state index >= 15 is 0 Å². The molecular formula is C43H35N9O15S4. The number of aromatic hydroxyl groups is 1. The molecule has 0 aliphatic rings. The van der Waals surface area contributed by atoms with Crippen molar-refractivity contribution in [2.75, 3.05) is 14.2 Å². The topological polar surface area (TPSA) is 361 Å². The van der Waals surface area contributed by atoms with Gasteiger partial charge in [0.15, 0.2) is 5.75 Å². The average molecular weight is 1050 g/mol. The fourth-order valence-corrected chi connectivity index (χ4v) is 9.87. The minimum atomic E-state index is -5.08. The standard InChI is InChI=1S/C43H35N9O15S4/c1-21-13-34(22(2)12-33(21)45-48-36-14-23(3)35(20-37(36)67-5)46-44-31-10-7-26(66-4)17-39(31)70(60,61)62)47-49-42-40(71(63,64)65)16-24-15-25(6-8-28(24)43(42)53)52-50-32-11-9-29-30(41(32)51-52)18-27(68(54,55)56)19-38(29)69(57,58)59/h6-20,53H,1-5H3,(H,54,55,56)(H,57,58,59)(H,60,61,62)(H,63,64,65). The number of phenols is 1. The quantitative estimate of drug-likeness (QED) is 0.0529. The van der Waals surface area contributed by atoms with Crippen LogP contribution < -0.4 is 9.47 Å². The highest BCUT2D eigenvalue weighted by atomic mass is 32.2. The summed E-state index contributed by atoms with van der Waals surface area (Å²) in [6, 6.07) is 19.5. The number of benzene rings is 7. The minimum Gasteiger partial charge on any atom is -0.505 e. The predicted molar refractivity (Wildman–Crippen MR) is 254 cm³/mol. The van der Waals surface area contributed by atoms with E-state index in [2.05, 4.69) is 40.9 Å². The van der Waals surface area contributed by atoms with E-state index < -0.39 is 71.5 Å². The van der Waals surface area contributed by atoms with Gasteiger partial charge in [-0.05, 0) is 116 Å². The Morgan fingerprint density at radius 2 is 1.06 bits per heavy atom. The van der Waals surface area contributed by atoms with Gasteiger partial charge < -0.3 is 14.6 Å². The van der Waals surface area contributed by atoms with Crippen LogP contribution >= 0.6 is 0 Å². The lowest BCUT2D eigenvalue weighted by Crippen LogP contribution is -2.04. The van der Waals surface area contributed by atoms with E-state index in [0.29, 0.717) is 39.8 Å². The Kier molecular flexibility index (Phi) is 12.8. The van der Waals surface area contributed by atoms with Crippen molar-refractivity contribution in [1.82, 2.24) is 15.0 Å². The number of azo groups is 3. The Hall–Kier alpha value is -7.70. The predicted octanol–water partition coefficient (Wildman–Crippen LogP) is 9.61. The number of hydrogen-bond donors (Lipinski definition) is 5. The third-order valence-corrected chi connectivity index (χ3v) is 14.3. The van der Waals surface area contributed by atoms with Gasteiger partial charge in [0.2, 0.25) is 0 Å². The maximum atomic E-state index is 12.8.